The van der Waals surface area contributed by atoms with E-state index < -0.39 is 4.92 Å². The molecule has 8 heteroatoms. The van der Waals surface area contributed by atoms with Gasteiger partial charge in [0.25, 0.3) is 5.69 Å². The number of carbonyl (C=O) groups is 1. The number of aromatic hydroxyl groups is 1. The summed E-state index contributed by atoms with van der Waals surface area (Å²) in [4.78, 5) is 26.4. The average Bonchev–Trinajstić information content (AvgIpc) is 2.58. The Morgan fingerprint density at radius 3 is 2.42 bits per heavy atom. The van der Waals surface area contributed by atoms with E-state index in [1.165, 1.54) is 24.3 Å². The molecule has 0 saturated carbocycles. The maximum atomic E-state index is 12.6. The first-order valence-electron chi connectivity index (χ1n) is 8.08. The summed E-state index contributed by atoms with van der Waals surface area (Å²) in [5, 5.41) is 23.1. The Labute approximate surface area is 151 Å². The topological polar surface area (TPSA) is 99.0 Å². The number of nitro benzene ring substituents is 1. The van der Waals surface area contributed by atoms with Gasteiger partial charge < -0.3 is 20.2 Å². The number of likely N-dealkylation sites (N-methyl/N-ethyl adjacent to an activating group) is 1. The number of carbonyl (C=O) groups excluding carboxylic acids is 1. The Bertz CT molecular complexity index is 762. The summed E-state index contributed by atoms with van der Waals surface area (Å²) in [6.07, 6.45) is 0. The quantitative estimate of drug-likeness (QED) is 0.586. The van der Waals surface area contributed by atoms with Crippen molar-refractivity contribution in [1.29, 1.82) is 0 Å². The molecule has 0 aliphatic carbocycles. The molecule has 8 nitrogen and oxygen atoms in total. The van der Waals surface area contributed by atoms with Gasteiger partial charge in [0, 0.05) is 37.5 Å². The molecular weight excluding hydrogens is 336 g/mol. The van der Waals surface area contributed by atoms with Crippen LogP contribution in [-0.2, 0) is 6.54 Å². The third-order valence-corrected chi connectivity index (χ3v) is 3.72. The van der Waals surface area contributed by atoms with Crippen LogP contribution in [0.5, 0.6) is 5.75 Å². The molecule has 0 aliphatic rings. The molecule has 2 rings (SSSR count). The Morgan fingerprint density at radius 1 is 1.15 bits per heavy atom. The molecule has 2 aromatic rings. The van der Waals surface area contributed by atoms with Crippen molar-refractivity contribution < 1.29 is 14.8 Å². The Morgan fingerprint density at radius 2 is 1.85 bits per heavy atom. The Kier molecular flexibility index (Phi) is 6.51. The second-order valence-corrected chi connectivity index (χ2v) is 6.13. The highest BCUT2D eigenvalue weighted by Gasteiger charge is 2.15. The number of phenolic OH excluding ortho intramolecular Hbond substituents is 1. The van der Waals surface area contributed by atoms with Gasteiger partial charge in [-0.3, -0.25) is 10.1 Å². The first-order chi connectivity index (χ1) is 12.3. The minimum Gasteiger partial charge on any atom is -0.508 e. The van der Waals surface area contributed by atoms with E-state index in [2.05, 4.69) is 5.32 Å². The number of nitrogens with one attached hydrogen (secondary N) is 1. The number of urea groups is 1. The molecular formula is C18H22N4O4. The molecule has 0 unspecified atom stereocenters. The Balaban J connectivity index is 2.09. The monoisotopic (exact) mass is 358 g/mol. The van der Waals surface area contributed by atoms with Crippen LogP contribution in [-0.4, -0.2) is 53.0 Å². The number of hydrogen-bond donors (Lipinski definition) is 2. The molecule has 138 valence electrons. The number of amides is 2. The highest BCUT2D eigenvalue weighted by Crippen LogP contribution is 2.17. The van der Waals surface area contributed by atoms with E-state index >= 15 is 0 Å². The molecule has 26 heavy (non-hydrogen) atoms. The summed E-state index contributed by atoms with van der Waals surface area (Å²) in [5.41, 5.74) is 1.25. The van der Waals surface area contributed by atoms with Gasteiger partial charge in [0.05, 0.1) is 4.92 Å². The lowest BCUT2D eigenvalue weighted by atomic mass is 10.2. The Hall–Kier alpha value is -3.13. The van der Waals surface area contributed by atoms with Crippen LogP contribution in [0.1, 0.15) is 5.56 Å². The molecule has 0 radical (unpaired) electrons. The van der Waals surface area contributed by atoms with Gasteiger partial charge >= 0.3 is 6.03 Å². The number of nitro groups is 1. The van der Waals surface area contributed by atoms with Crippen molar-refractivity contribution >= 4 is 17.4 Å². The maximum absolute atomic E-state index is 12.6. The first kappa shape index (κ1) is 19.2. The zero-order chi connectivity index (χ0) is 19.1. The van der Waals surface area contributed by atoms with Gasteiger partial charge in [0.15, 0.2) is 0 Å². The summed E-state index contributed by atoms with van der Waals surface area (Å²) in [5.74, 6) is 0.144. The maximum Gasteiger partial charge on any atom is 0.322 e. The van der Waals surface area contributed by atoms with E-state index in [0.717, 1.165) is 5.56 Å². The third kappa shape index (κ3) is 5.75. The molecule has 0 heterocycles. The molecule has 0 fully saturated rings. The summed E-state index contributed by atoms with van der Waals surface area (Å²) < 4.78 is 0. The van der Waals surface area contributed by atoms with E-state index in [1.54, 1.807) is 23.1 Å². The highest BCUT2D eigenvalue weighted by molar-refractivity contribution is 5.89. The van der Waals surface area contributed by atoms with Crippen LogP contribution in [0.4, 0.5) is 16.2 Å². The lowest BCUT2D eigenvalue weighted by Crippen LogP contribution is -2.39. The van der Waals surface area contributed by atoms with E-state index in [9.17, 15) is 20.0 Å². The van der Waals surface area contributed by atoms with Crippen LogP contribution >= 0.6 is 0 Å². The minimum absolute atomic E-state index is 0.0350. The van der Waals surface area contributed by atoms with Gasteiger partial charge in [-0.05, 0) is 43.9 Å². The normalized spacial score (nSPS) is 10.6. The lowest BCUT2D eigenvalue weighted by Gasteiger charge is -2.25. The van der Waals surface area contributed by atoms with Crippen molar-refractivity contribution in [3.63, 3.8) is 0 Å². The fraction of sp³-hybridized carbons (Fsp3) is 0.278. The number of nitrogens with zero attached hydrogens (tertiary/aromatic N) is 3. The van der Waals surface area contributed by atoms with Crippen LogP contribution in [0.2, 0.25) is 0 Å². The molecule has 0 aliphatic heterocycles. The van der Waals surface area contributed by atoms with Gasteiger partial charge in [-0.2, -0.15) is 0 Å². The molecule has 0 bridgehead atoms. The second kappa shape index (κ2) is 8.82. The van der Waals surface area contributed by atoms with Crippen molar-refractivity contribution in [3.8, 4) is 5.75 Å². The highest BCUT2D eigenvalue weighted by atomic mass is 16.6. The van der Waals surface area contributed by atoms with Crippen molar-refractivity contribution in [1.82, 2.24) is 9.80 Å². The molecule has 0 spiro atoms. The number of hydrogen-bond acceptors (Lipinski definition) is 5. The van der Waals surface area contributed by atoms with Crippen LogP contribution in [0, 0.1) is 10.1 Å². The summed E-state index contributed by atoms with van der Waals surface area (Å²) in [7, 11) is 3.83. The van der Waals surface area contributed by atoms with E-state index in [1.807, 2.05) is 25.1 Å². The smallest absolute Gasteiger partial charge is 0.322 e. The summed E-state index contributed by atoms with van der Waals surface area (Å²) >= 11 is 0. The zero-order valence-corrected chi connectivity index (χ0v) is 14.8. The fourth-order valence-electron chi connectivity index (χ4n) is 2.32. The summed E-state index contributed by atoms with van der Waals surface area (Å²) in [6.45, 7) is 1.50. The van der Waals surface area contributed by atoms with Gasteiger partial charge in [-0.25, -0.2) is 4.79 Å². The molecule has 2 amide bonds. The predicted octanol–water partition coefficient (Wildman–Crippen LogP) is 2.90. The van der Waals surface area contributed by atoms with E-state index in [-0.39, 0.29) is 17.5 Å². The van der Waals surface area contributed by atoms with Crippen LogP contribution < -0.4 is 5.32 Å². The van der Waals surface area contributed by atoms with Gasteiger partial charge in [-0.1, -0.05) is 12.1 Å². The standard InChI is InChI=1S/C18H22N4O4/c1-20(2)10-11-21(13-14-4-3-5-17(23)12-14)18(24)19-15-6-8-16(9-7-15)22(25)26/h3-9,12,23H,10-11,13H2,1-2H3,(H,19,24). The number of benzene rings is 2. The second-order valence-electron chi connectivity index (χ2n) is 6.13. The van der Waals surface area contributed by atoms with Crippen LogP contribution in [0.15, 0.2) is 48.5 Å². The average molecular weight is 358 g/mol. The van der Waals surface area contributed by atoms with E-state index in [4.69, 9.17) is 0 Å². The number of rotatable bonds is 7. The number of non-ortho nitro benzene ring substituents is 1. The van der Waals surface area contributed by atoms with Crippen LogP contribution in [0.3, 0.4) is 0 Å². The molecule has 2 aromatic carbocycles. The van der Waals surface area contributed by atoms with E-state index in [0.29, 0.717) is 25.3 Å². The third-order valence-electron chi connectivity index (χ3n) is 3.72. The number of phenols is 1. The molecule has 0 atom stereocenters. The van der Waals surface area contributed by atoms with Gasteiger partial charge in [-0.15, -0.1) is 0 Å². The van der Waals surface area contributed by atoms with Crippen molar-refractivity contribution in [2.75, 3.05) is 32.5 Å². The fourth-order valence-corrected chi connectivity index (χ4v) is 2.32. The lowest BCUT2D eigenvalue weighted by molar-refractivity contribution is -0.384. The molecule has 0 saturated heterocycles. The molecule has 0 aromatic heterocycles. The first-order valence-corrected chi connectivity index (χ1v) is 8.08. The predicted molar refractivity (Wildman–Crippen MR) is 99.2 cm³/mol. The SMILES string of the molecule is CN(C)CCN(Cc1cccc(O)c1)C(=O)Nc1ccc([N+](=O)[O-])cc1. The van der Waals surface area contributed by atoms with Crippen LogP contribution in [0.25, 0.3) is 0 Å². The molecule has 2 N–H and O–H groups in total. The number of anilines is 1. The van der Waals surface area contributed by atoms with Crippen molar-refractivity contribution in [2.24, 2.45) is 0 Å². The summed E-state index contributed by atoms with van der Waals surface area (Å²) in [6, 6.07) is 12.1. The van der Waals surface area contributed by atoms with Gasteiger partial charge in [0.1, 0.15) is 5.75 Å². The van der Waals surface area contributed by atoms with Crippen molar-refractivity contribution in [3.05, 3.63) is 64.2 Å². The van der Waals surface area contributed by atoms with Gasteiger partial charge in [0.2, 0.25) is 0 Å². The zero-order valence-electron chi connectivity index (χ0n) is 14.8. The van der Waals surface area contributed by atoms with Crippen molar-refractivity contribution in [2.45, 2.75) is 6.54 Å². The largest absolute Gasteiger partial charge is 0.508 e. The minimum atomic E-state index is -0.489.